The molecule has 1 aromatic carbocycles. The van der Waals surface area contributed by atoms with E-state index in [1.165, 1.54) is 16.7 Å². The van der Waals surface area contributed by atoms with E-state index >= 15 is 0 Å². The molecule has 1 N–H and O–H groups in total. The number of aromatic nitrogens is 1. The Morgan fingerprint density at radius 1 is 1.15 bits per heavy atom. The van der Waals surface area contributed by atoms with Crippen LogP contribution in [0, 0.1) is 0 Å². The number of amides is 2. The van der Waals surface area contributed by atoms with E-state index in [9.17, 15) is 14.4 Å². The normalized spacial score (nSPS) is 14.2. The molecule has 26 heavy (non-hydrogen) atoms. The largest absolute Gasteiger partial charge is 0.321 e. The highest BCUT2D eigenvalue weighted by atomic mass is 16.2. The summed E-state index contributed by atoms with van der Waals surface area (Å²) in [4.78, 5) is 37.1. The molecular formula is C20H21N3O3. The lowest BCUT2D eigenvalue weighted by atomic mass is 10.2. The average molecular weight is 351 g/mol. The first-order valence-corrected chi connectivity index (χ1v) is 8.67. The Hall–Kier alpha value is -3.15. The fraction of sp³-hybridized carbons (Fsp3) is 0.250. The zero-order chi connectivity index (χ0) is 18.5. The van der Waals surface area contributed by atoms with Crippen molar-refractivity contribution in [3.63, 3.8) is 0 Å². The lowest BCUT2D eigenvalue weighted by Crippen LogP contribution is -2.23. The third-order valence-electron chi connectivity index (χ3n) is 4.30. The van der Waals surface area contributed by atoms with E-state index in [0.29, 0.717) is 18.7 Å². The van der Waals surface area contributed by atoms with Gasteiger partial charge in [-0.3, -0.25) is 14.4 Å². The van der Waals surface area contributed by atoms with Crippen molar-refractivity contribution in [2.75, 3.05) is 16.8 Å². The van der Waals surface area contributed by atoms with Gasteiger partial charge in [-0.25, -0.2) is 0 Å². The van der Waals surface area contributed by atoms with Crippen LogP contribution in [0.1, 0.15) is 25.3 Å². The van der Waals surface area contributed by atoms with E-state index in [1.54, 1.807) is 23.2 Å². The van der Waals surface area contributed by atoms with Gasteiger partial charge in [-0.05, 0) is 43.2 Å². The number of carbonyl (C=O) groups excluding carboxylic acids is 2. The molecule has 1 aromatic heterocycles. The topological polar surface area (TPSA) is 71.4 Å². The monoisotopic (exact) mass is 351 g/mol. The minimum Gasteiger partial charge on any atom is -0.321 e. The van der Waals surface area contributed by atoms with Crippen LogP contribution >= 0.6 is 0 Å². The molecule has 0 saturated carbocycles. The molecule has 6 heteroatoms. The standard InChI is InChI=1S/C20H21N3O3/c1-2-22-14-16(8-12-19(22)25)21-18(24)11-7-15-5-9-17(10-6-15)23-13-3-4-20(23)26/h5-12,14H,2-4,13H2,1H3,(H,21,24)/b11-7+. The number of hydrogen-bond acceptors (Lipinski definition) is 3. The summed E-state index contributed by atoms with van der Waals surface area (Å²) in [6, 6.07) is 10.5. The smallest absolute Gasteiger partial charge is 0.250 e. The van der Waals surface area contributed by atoms with E-state index in [-0.39, 0.29) is 17.4 Å². The summed E-state index contributed by atoms with van der Waals surface area (Å²) in [6.07, 6.45) is 6.27. The van der Waals surface area contributed by atoms with Crippen LogP contribution in [-0.4, -0.2) is 22.9 Å². The maximum absolute atomic E-state index is 12.1. The van der Waals surface area contributed by atoms with Crippen LogP contribution in [0.2, 0.25) is 0 Å². The summed E-state index contributed by atoms with van der Waals surface area (Å²) in [5.41, 5.74) is 2.23. The second-order valence-electron chi connectivity index (χ2n) is 6.11. The number of aryl methyl sites for hydroxylation is 1. The molecule has 2 heterocycles. The van der Waals surface area contributed by atoms with E-state index in [1.807, 2.05) is 31.2 Å². The van der Waals surface area contributed by atoms with Crippen LogP contribution in [0.15, 0.2) is 53.5 Å². The predicted molar refractivity (Wildman–Crippen MR) is 102 cm³/mol. The number of rotatable bonds is 5. The van der Waals surface area contributed by atoms with Crippen molar-refractivity contribution in [1.29, 1.82) is 0 Å². The highest BCUT2D eigenvalue weighted by Gasteiger charge is 2.21. The van der Waals surface area contributed by atoms with Crippen molar-refractivity contribution in [3.8, 4) is 0 Å². The Morgan fingerprint density at radius 2 is 1.92 bits per heavy atom. The third-order valence-corrected chi connectivity index (χ3v) is 4.30. The summed E-state index contributed by atoms with van der Waals surface area (Å²) >= 11 is 0. The summed E-state index contributed by atoms with van der Waals surface area (Å²) in [7, 11) is 0. The Kier molecular flexibility index (Phi) is 5.31. The highest BCUT2D eigenvalue weighted by molar-refractivity contribution is 6.02. The maximum Gasteiger partial charge on any atom is 0.250 e. The minimum absolute atomic E-state index is 0.0994. The Balaban J connectivity index is 1.63. The van der Waals surface area contributed by atoms with Gasteiger partial charge in [0, 0.05) is 43.5 Å². The van der Waals surface area contributed by atoms with Crippen LogP contribution in [-0.2, 0) is 16.1 Å². The number of benzene rings is 1. The molecule has 0 unspecified atom stereocenters. The third kappa shape index (κ3) is 4.08. The Bertz CT molecular complexity index is 897. The van der Waals surface area contributed by atoms with Gasteiger partial charge in [-0.15, -0.1) is 0 Å². The molecule has 3 rings (SSSR count). The number of pyridine rings is 1. The molecule has 1 fully saturated rings. The molecular weight excluding hydrogens is 330 g/mol. The molecule has 1 saturated heterocycles. The van der Waals surface area contributed by atoms with Gasteiger partial charge in [-0.1, -0.05) is 12.1 Å². The molecule has 1 aliphatic rings. The number of anilines is 2. The Labute approximate surface area is 151 Å². The SMILES string of the molecule is CCn1cc(NC(=O)/C=C/c2ccc(N3CCCC3=O)cc2)ccc1=O. The van der Waals surface area contributed by atoms with Gasteiger partial charge in [0.1, 0.15) is 0 Å². The lowest BCUT2D eigenvalue weighted by Gasteiger charge is -2.15. The van der Waals surface area contributed by atoms with Gasteiger partial charge in [-0.2, -0.15) is 0 Å². The molecule has 0 spiro atoms. The van der Waals surface area contributed by atoms with E-state index in [4.69, 9.17) is 0 Å². The van der Waals surface area contributed by atoms with Crippen LogP contribution in [0.3, 0.4) is 0 Å². The summed E-state index contributed by atoms with van der Waals surface area (Å²) < 4.78 is 1.53. The van der Waals surface area contributed by atoms with Crippen LogP contribution < -0.4 is 15.8 Å². The molecule has 134 valence electrons. The number of nitrogens with one attached hydrogen (secondary N) is 1. The fourth-order valence-corrected chi connectivity index (χ4v) is 2.89. The van der Waals surface area contributed by atoms with Gasteiger partial charge >= 0.3 is 0 Å². The predicted octanol–water partition coefficient (Wildman–Crippen LogP) is 2.65. The van der Waals surface area contributed by atoms with Crippen molar-refractivity contribution < 1.29 is 9.59 Å². The quantitative estimate of drug-likeness (QED) is 0.842. The first kappa shape index (κ1) is 17.7. The molecule has 0 atom stereocenters. The van der Waals surface area contributed by atoms with Gasteiger partial charge < -0.3 is 14.8 Å². The molecule has 0 aliphatic carbocycles. The molecule has 0 bridgehead atoms. The fourth-order valence-electron chi connectivity index (χ4n) is 2.89. The van der Waals surface area contributed by atoms with Crippen molar-refractivity contribution in [1.82, 2.24) is 4.57 Å². The van der Waals surface area contributed by atoms with Crippen molar-refractivity contribution in [2.24, 2.45) is 0 Å². The minimum atomic E-state index is -0.273. The molecule has 2 aromatic rings. The molecule has 0 radical (unpaired) electrons. The highest BCUT2D eigenvalue weighted by Crippen LogP contribution is 2.21. The zero-order valence-corrected chi connectivity index (χ0v) is 14.6. The van der Waals surface area contributed by atoms with Gasteiger partial charge in [0.05, 0.1) is 5.69 Å². The number of carbonyl (C=O) groups is 2. The van der Waals surface area contributed by atoms with Crippen molar-refractivity contribution in [2.45, 2.75) is 26.3 Å². The van der Waals surface area contributed by atoms with Gasteiger partial charge in [0.25, 0.3) is 5.56 Å². The van der Waals surface area contributed by atoms with Gasteiger partial charge in [0.2, 0.25) is 11.8 Å². The zero-order valence-electron chi connectivity index (χ0n) is 14.6. The van der Waals surface area contributed by atoms with E-state index in [2.05, 4.69) is 5.32 Å². The van der Waals surface area contributed by atoms with Crippen LogP contribution in [0.4, 0.5) is 11.4 Å². The molecule has 2 amide bonds. The van der Waals surface area contributed by atoms with Gasteiger partial charge in [0.15, 0.2) is 0 Å². The maximum atomic E-state index is 12.1. The first-order valence-electron chi connectivity index (χ1n) is 8.67. The second kappa shape index (κ2) is 7.82. The van der Waals surface area contributed by atoms with E-state index < -0.39 is 0 Å². The van der Waals surface area contributed by atoms with Crippen LogP contribution in [0.25, 0.3) is 6.08 Å². The van der Waals surface area contributed by atoms with E-state index in [0.717, 1.165) is 24.2 Å². The Morgan fingerprint density at radius 3 is 2.58 bits per heavy atom. The van der Waals surface area contributed by atoms with Crippen LogP contribution in [0.5, 0.6) is 0 Å². The summed E-state index contributed by atoms with van der Waals surface area (Å²) in [6.45, 7) is 3.17. The average Bonchev–Trinajstić information content (AvgIpc) is 3.08. The van der Waals surface area contributed by atoms with Crippen molar-refractivity contribution >= 4 is 29.3 Å². The number of nitrogens with zero attached hydrogens (tertiary/aromatic N) is 2. The van der Waals surface area contributed by atoms with Crippen molar-refractivity contribution in [3.05, 3.63) is 64.6 Å². The molecule has 1 aliphatic heterocycles. The lowest BCUT2D eigenvalue weighted by molar-refractivity contribution is -0.117. The first-order chi connectivity index (χ1) is 12.6. The summed E-state index contributed by atoms with van der Waals surface area (Å²) in [5.74, 6) is -0.119. The number of hydrogen-bond donors (Lipinski definition) is 1. The second-order valence-corrected chi connectivity index (χ2v) is 6.11. The summed E-state index contributed by atoms with van der Waals surface area (Å²) in [5, 5.41) is 2.74. The molecule has 6 nitrogen and oxygen atoms in total.